The van der Waals surface area contributed by atoms with Gasteiger partial charge in [0, 0.05) is 19.7 Å². The Bertz CT molecular complexity index is 679. The second kappa shape index (κ2) is 6.17. The second-order valence-corrected chi connectivity index (χ2v) is 6.24. The lowest BCUT2D eigenvalue weighted by Crippen LogP contribution is -2.32. The molecular formula is C12H13ClN4O2S. The van der Waals surface area contributed by atoms with Crippen molar-refractivity contribution >= 4 is 27.6 Å². The van der Waals surface area contributed by atoms with Crippen LogP contribution in [0.4, 0.5) is 5.82 Å². The zero-order valence-corrected chi connectivity index (χ0v) is 12.3. The largest absolute Gasteiger partial charge is 0.302 e. The monoisotopic (exact) mass is 312 g/mol. The van der Waals surface area contributed by atoms with Crippen LogP contribution in [0.1, 0.15) is 5.56 Å². The molecule has 106 valence electrons. The van der Waals surface area contributed by atoms with E-state index < -0.39 is 10.2 Å². The number of aromatic nitrogens is 2. The maximum absolute atomic E-state index is 12.1. The van der Waals surface area contributed by atoms with Gasteiger partial charge in [0.1, 0.15) is 17.3 Å². The Hall–Kier alpha value is -1.70. The Kier molecular flexibility index (Phi) is 4.53. The van der Waals surface area contributed by atoms with Crippen molar-refractivity contribution in [1.82, 2.24) is 14.3 Å². The first-order valence-corrected chi connectivity index (χ1v) is 7.55. The SMILES string of the molecule is CN(Cc1ccccc1)S(=O)(=O)Nc1cc(Cl)ncn1. The highest BCUT2D eigenvalue weighted by atomic mass is 35.5. The van der Waals surface area contributed by atoms with Crippen LogP contribution in [0.25, 0.3) is 0 Å². The van der Waals surface area contributed by atoms with Gasteiger partial charge in [0.05, 0.1) is 0 Å². The van der Waals surface area contributed by atoms with Crippen molar-refractivity contribution in [2.75, 3.05) is 11.8 Å². The van der Waals surface area contributed by atoms with E-state index in [1.54, 1.807) is 0 Å². The highest BCUT2D eigenvalue weighted by Crippen LogP contribution is 2.13. The number of halogens is 1. The van der Waals surface area contributed by atoms with E-state index in [2.05, 4.69) is 14.7 Å². The molecule has 2 aromatic rings. The van der Waals surface area contributed by atoms with E-state index in [4.69, 9.17) is 11.6 Å². The zero-order chi connectivity index (χ0) is 14.6. The maximum atomic E-state index is 12.1. The number of rotatable bonds is 5. The number of nitrogens with zero attached hydrogens (tertiary/aromatic N) is 3. The summed E-state index contributed by atoms with van der Waals surface area (Å²) in [6.45, 7) is 0.259. The highest BCUT2D eigenvalue weighted by molar-refractivity contribution is 7.90. The molecule has 1 N–H and O–H groups in total. The normalized spacial score (nSPS) is 11.6. The number of nitrogens with one attached hydrogen (secondary N) is 1. The number of hydrogen-bond acceptors (Lipinski definition) is 4. The second-order valence-electron chi connectivity index (χ2n) is 4.07. The molecule has 0 radical (unpaired) electrons. The molecule has 0 unspecified atom stereocenters. The van der Waals surface area contributed by atoms with Crippen LogP contribution < -0.4 is 4.72 Å². The smallest absolute Gasteiger partial charge is 0.254 e. The molecule has 2 rings (SSSR count). The van der Waals surface area contributed by atoms with E-state index in [1.807, 2.05) is 30.3 Å². The Morgan fingerprint density at radius 2 is 1.95 bits per heavy atom. The van der Waals surface area contributed by atoms with E-state index in [-0.39, 0.29) is 17.5 Å². The van der Waals surface area contributed by atoms with Crippen LogP contribution in [-0.2, 0) is 16.8 Å². The summed E-state index contributed by atoms with van der Waals surface area (Å²) in [5.74, 6) is 0.130. The predicted octanol–water partition coefficient (Wildman–Crippen LogP) is 1.92. The van der Waals surface area contributed by atoms with Gasteiger partial charge in [-0.25, -0.2) is 9.97 Å². The summed E-state index contributed by atoms with van der Waals surface area (Å²) in [5.41, 5.74) is 0.890. The van der Waals surface area contributed by atoms with Gasteiger partial charge in [-0.2, -0.15) is 12.7 Å². The van der Waals surface area contributed by atoms with Crippen LogP contribution in [0.3, 0.4) is 0 Å². The van der Waals surface area contributed by atoms with Gasteiger partial charge >= 0.3 is 10.2 Å². The summed E-state index contributed by atoms with van der Waals surface area (Å²) >= 11 is 5.68. The average molecular weight is 313 g/mol. The fourth-order valence-corrected chi connectivity index (χ4v) is 2.52. The van der Waals surface area contributed by atoms with Crippen LogP contribution in [0.15, 0.2) is 42.7 Å². The van der Waals surface area contributed by atoms with E-state index in [9.17, 15) is 8.42 Å². The van der Waals surface area contributed by atoms with Crippen LogP contribution in [0.2, 0.25) is 5.15 Å². The molecular weight excluding hydrogens is 300 g/mol. The molecule has 1 aromatic heterocycles. The van der Waals surface area contributed by atoms with Gasteiger partial charge in [0.25, 0.3) is 0 Å². The van der Waals surface area contributed by atoms with Crippen molar-refractivity contribution in [2.45, 2.75) is 6.54 Å². The summed E-state index contributed by atoms with van der Waals surface area (Å²) in [5, 5.41) is 0.170. The van der Waals surface area contributed by atoms with E-state index in [0.29, 0.717) is 0 Å². The zero-order valence-electron chi connectivity index (χ0n) is 10.7. The lowest BCUT2D eigenvalue weighted by Gasteiger charge is -2.17. The molecule has 0 amide bonds. The molecule has 1 heterocycles. The van der Waals surface area contributed by atoms with Crippen LogP contribution in [0, 0.1) is 0 Å². The maximum Gasteiger partial charge on any atom is 0.302 e. The fraction of sp³-hybridized carbons (Fsp3) is 0.167. The van der Waals surface area contributed by atoms with Gasteiger partial charge < -0.3 is 0 Å². The van der Waals surface area contributed by atoms with E-state index in [1.165, 1.54) is 23.7 Å². The third-order valence-corrected chi connectivity index (χ3v) is 4.15. The van der Waals surface area contributed by atoms with Crippen LogP contribution >= 0.6 is 11.6 Å². The molecule has 0 aliphatic heterocycles. The van der Waals surface area contributed by atoms with Crippen molar-refractivity contribution in [1.29, 1.82) is 0 Å². The van der Waals surface area contributed by atoms with Crippen LogP contribution in [0.5, 0.6) is 0 Å². The van der Waals surface area contributed by atoms with Crippen molar-refractivity contribution in [3.63, 3.8) is 0 Å². The van der Waals surface area contributed by atoms with Crippen molar-refractivity contribution in [3.8, 4) is 0 Å². The molecule has 0 saturated heterocycles. The minimum absolute atomic E-state index is 0.130. The highest BCUT2D eigenvalue weighted by Gasteiger charge is 2.18. The summed E-state index contributed by atoms with van der Waals surface area (Å²) < 4.78 is 27.8. The third-order valence-electron chi connectivity index (χ3n) is 2.53. The first-order chi connectivity index (χ1) is 9.47. The molecule has 8 heteroatoms. The fourth-order valence-electron chi connectivity index (χ4n) is 1.52. The Morgan fingerprint density at radius 1 is 1.25 bits per heavy atom. The number of benzene rings is 1. The van der Waals surface area contributed by atoms with Crippen molar-refractivity contribution in [2.24, 2.45) is 0 Å². The summed E-state index contributed by atoms with van der Waals surface area (Å²) in [6, 6.07) is 10.6. The predicted molar refractivity (Wildman–Crippen MR) is 77.5 cm³/mol. The molecule has 0 spiro atoms. The van der Waals surface area contributed by atoms with Crippen LogP contribution in [-0.4, -0.2) is 29.7 Å². The molecule has 20 heavy (non-hydrogen) atoms. The van der Waals surface area contributed by atoms with Gasteiger partial charge in [-0.1, -0.05) is 41.9 Å². The summed E-state index contributed by atoms with van der Waals surface area (Å²) in [4.78, 5) is 7.49. The first-order valence-electron chi connectivity index (χ1n) is 5.73. The van der Waals surface area contributed by atoms with E-state index in [0.717, 1.165) is 5.56 Å². The molecule has 0 atom stereocenters. The molecule has 0 aliphatic rings. The summed E-state index contributed by atoms with van der Waals surface area (Å²) in [7, 11) is -2.21. The van der Waals surface area contributed by atoms with Gasteiger partial charge in [-0.15, -0.1) is 0 Å². The molecule has 1 aromatic carbocycles. The number of hydrogen-bond donors (Lipinski definition) is 1. The van der Waals surface area contributed by atoms with Gasteiger partial charge in [-0.3, -0.25) is 4.72 Å². The van der Waals surface area contributed by atoms with Gasteiger partial charge in [0.2, 0.25) is 0 Å². The van der Waals surface area contributed by atoms with Gasteiger partial charge in [0.15, 0.2) is 0 Å². The summed E-state index contributed by atoms with van der Waals surface area (Å²) in [6.07, 6.45) is 1.19. The quantitative estimate of drug-likeness (QED) is 0.856. The molecule has 6 nitrogen and oxygen atoms in total. The Labute approximate surface area is 122 Å². The van der Waals surface area contributed by atoms with Gasteiger partial charge in [-0.05, 0) is 5.56 Å². The lowest BCUT2D eigenvalue weighted by molar-refractivity contribution is 0.471. The van der Waals surface area contributed by atoms with Crippen molar-refractivity contribution < 1.29 is 8.42 Å². The van der Waals surface area contributed by atoms with E-state index >= 15 is 0 Å². The average Bonchev–Trinajstić information content (AvgIpc) is 2.39. The molecule has 0 aliphatic carbocycles. The minimum atomic E-state index is -3.69. The Balaban J connectivity index is 2.10. The molecule has 0 saturated carbocycles. The standard InChI is InChI=1S/C12H13ClN4O2S/c1-17(8-10-5-3-2-4-6-10)20(18,19)16-12-7-11(13)14-9-15-12/h2-7,9H,8H2,1H3,(H,14,15,16). The number of anilines is 1. The molecule has 0 bridgehead atoms. The lowest BCUT2D eigenvalue weighted by atomic mass is 10.2. The first kappa shape index (κ1) is 14.7. The van der Waals surface area contributed by atoms with Crippen molar-refractivity contribution in [3.05, 3.63) is 53.4 Å². The minimum Gasteiger partial charge on any atom is -0.254 e. The molecule has 0 fully saturated rings. The topological polar surface area (TPSA) is 75.2 Å². The third kappa shape index (κ3) is 3.89. The Morgan fingerprint density at radius 3 is 2.60 bits per heavy atom.